The third kappa shape index (κ3) is 1.65. The van der Waals surface area contributed by atoms with Gasteiger partial charge in [0.15, 0.2) is 0 Å². The molecule has 3 atom stereocenters. The molecule has 2 bridgehead atoms. The molecular formula is C15H23N3O2. The molecule has 20 heavy (non-hydrogen) atoms. The zero-order chi connectivity index (χ0) is 13.9. The lowest BCUT2D eigenvalue weighted by atomic mass is 9.81. The summed E-state index contributed by atoms with van der Waals surface area (Å²) in [7, 11) is 0. The molecule has 5 aliphatic heterocycles. The normalized spacial score (nSPS) is 44.1. The maximum Gasteiger partial charge on any atom is 0.246 e. The summed E-state index contributed by atoms with van der Waals surface area (Å²) < 4.78 is 0. The minimum absolute atomic E-state index is 0.158. The molecule has 5 fully saturated rings. The molecular weight excluding hydrogens is 254 g/mol. The van der Waals surface area contributed by atoms with Gasteiger partial charge in [-0.3, -0.25) is 9.59 Å². The number of hydrogen-bond donors (Lipinski definition) is 0. The Bertz CT molecular complexity index is 444. The summed E-state index contributed by atoms with van der Waals surface area (Å²) in [6.07, 6.45) is 4.20. The summed E-state index contributed by atoms with van der Waals surface area (Å²) in [6.45, 7) is 6.00. The molecule has 5 heteroatoms. The molecule has 5 heterocycles. The zero-order valence-corrected chi connectivity index (χ0v) is 12.1. The highest BCUT2D eigenvalue weighted by Crippen LogP contribution is 2.36. The lowest BCUT2D eigenvalue weighted by molar-refractivity contribution is -0.165. The van der Waals surface area contributed by atoms with Crippen LogP contribution in [-0.2, 0) is 9.59 Å². The minimum Gasteiger partial charge on any atom is -0.329 e. The smallest absolute Gasteiger partial charge is 0.246 e. The molecule has 5 nitrogen and oxygen atoms in total. The van der Waals surface area contributed by atoms with Crippen molar-refractivity contribution in [3.8, 4) is 0 Å². The van der Waals surface area contributed by atoms with E-state index < -0.39 is 0 Å². The summed E-state index contributed by atoms with van der Waals surface area (Å²) in [5, 5.41) is 0. The van der Waals surface area contributed by atoms with E-state index in [4.69, 9.17) is 0 Å². The van der Waals surface area contributed by atoms with Crippen LogP contribution in [0, 0.1) is 5.92 Å². The molecule has 0 aliphatic carbocycles. The number of rotatable bonds is 1. The molecule has 5 saturated heterocycles. The SMILES string of the molecule is CC1C(=O)N2CCCC2C(=O)N1C1CN2CCC1CC2. The highest BCUT2D eigenvalue weighted by Gasteiger charge is 2.51. The fraction of sp³-hybridized carbons (Fsp3) is 0.867. The lowest BCUT2D eigenvalue weighted by Gasteiger charge is -2.53. The Balaban J connectivity index is 1.63. The minimum atomic E-state index is -0.262. The summed E-state index contributed by atoms with van der Waals surface area (Å²) in [5.74, 6) is 0.990. The maximum absolute atomic E-state index is 12.9. The van der Waals surface area contributed by atoms with Crippen molar-refractivity contribution < 1.29 is 9.59 Å². The van der Waals surface area contributed by atoms with Gasteiger partial charge in [-0.1, -0.05) is 0 Å². The van der Waals surface area contributed by atoms with Gasteiger partial charge in [0, 0.05) is 19.1 Å². The van der Waals surface area contributed by atoms with Crippen LogP contribution in [0.1, 0.15) is 32.6 Å². The van der Waals surface area contributed by atoms with Crippen molar-refractivity contribution in [2.75, 3.05) is 26.2 Å². The van der Waals surface area contributed by atoms with Crippen LogP contribution in [0.25, 0.3) is 0 Å². The second kappa shape index (κ2) is 4.45. The van der Waals surface area contributed by atoms with Gasteiger partial charge in [-0.15, -0.1) is 0 Å². The van der Waals surface area contributed by atoms with Gasteiger partial charge in [0.2, 0.25) is 11.8 Å². The van der Waals surface area contributed by atoms with Crippen molar-refractivity contribution in [2.45, 2.75) is 50.7 Å². The first-order valence-corrected chi connectivity index (χ1v) is 8.02. The van der Waals surface area contributed by atoms with Gasteiger partial charge in [-0.25, -0.2) is 0 Å². The van der Waals surface area contributed by atoms with Gasteiger partial charge in [-0.05, 0) is 51.6 Å². The molecule has 5 aliphatic rings. The number of fused-ring (bicyclic) bond motifs is 4. The molecule has 0 saturated carbocycles. The number of carbonyl (C=O) groups excluding carboxylic acids is 2. The van der Waals surface area contributed by atoms with Crippen molar-refractivity contribution in [3.63, 3.8) is 0 Å². The predicted octanol–water partition coefficient (Wildman–Crippen LogP) is 0.302. The van der Waals surface area contributed by atoms with Crippen LogP contribution < -0.4 is 0 Å². The van der Waals surface area contributed by atoms with E-state index in [-0.39, 0.29) is 29.9 Å². The third-order valence-corrected chi connectivity index (χ3v) is 5.83. The van der Waals surface area contributed by atoms with Gasteiger partial charge >= 0.3 is 0 Å². The van der Waals surface area contributed by atoms with Crippen LogP contribution in [0.3, 0.4) is 0 Å². The Labute approximate surface area is 119 Å². The Hall–Kier alpha value is -1.10. The first kappa shape index (κ1) is 12.6. The Kier molecular flexibility index (Phi) is 2.81. The van der Waals surface area contributed by atoms with Crippen LogP contribution in [0.2, 0.25) is 0 Å². The van der Waals surface area contributed by atoms with Crippen molar-refractivity contribution in [1.82, 2.24) is 14.7 Å². The Morgan fingerprint density at radius 3 is 2.40 bits per heavy atom. The van der Waals surface area contributed by atoms with E-state index >= 15 is 0 Å². The number of piperazine rings is 1. The van der Waals surface area contributed by atoms with E-state index in [1.165, 1.54) is 25.9 Å². The molecule has 3 unspecified atom stereocenters. The average Bonchev–Trinajstić information content (AvgIpc) is 2.96. The van der Waals surface area contributed by atoms with E-state index in [0.29, 0.717) is 5.92 Å². The van der Waals surface area contributed by atoms with Crippen molar-refractivity contribution >= 4 is 11.8 Å². The number of carbonyl (C=O) groups is 2. The van der Waals surface area contributed by atoms with Gasteiger partial charge in [0.05, 0.1) is 0 Å². The van der Waals surface area contributed by atoms with Crippen LogP contribution in [0.5, 0.6) is 0 Å². The second-order valence-corrected chi connectivity index (χ2v) is 6.82. The highest BCUT2D eigenvalue weighted by atomic mass is 16.2. The summed E-state index contributed by atoms with van der Waals surface area (Å²) in [5.41, 5.74) is 0. The maximum atomic E-state index is 12.9. The highest BCUT2D eigenvalue weighted by molar-refractivity contribution is 5.97. The summed E-state index contributed by atoms with van der Waals surface area (Å²) >= 11 is 0. The fourth-order valence-electron chi connectivity index (χ4n) is 4.71. The van der Waals surface area contributed by atoms with Crippen LogP contribution >= 0.6 is 0 Å². The number of hydrogen-bond acceptors (Lipinski definition) is 3. The number of amides is 2. The number of piperidine rings is 3. The molecule has 0 N–H and O–H groups in total. The van der Waals surface area contributed by atoms with Crippen LogP contribution in [-0.4, -0.2) is 70.8 Å². The van der Waals surface area contributed by atoms with Crippen molar-refractivity contribution in [2.24, 2.45) is 5.92 Å². The fourth-order valence-corrected chi connectivity index (χ4v) is 4.71. The standard InChI is InChI=1S/C15H23N3O2/c1-10-14(19)17-6-2-3-12(17)15(20)18(10)13-9-16-7-4-11(13)5-8-16/h10-13H,2-9H2,1H3. The van der Waals surface area contributed by atoms with Gasteiger partial charge in [0.1, 0.15) is 12.1 Å². The lowest BCUT2D eigenvalue weighted by Crippen LogP contribution is -2.69. The Morgan fingerprint density at radius 1 is 1.00 bits per heavy atom. The van der Waals surface area contributed by atoms with E-state index in [2.05, 4.69) is 4.90 Å². The van der Waals surface area contributed by atoms with Gasteiger partial charge in [0.25, 0.3) is 0 Å². The summed E-state index contributed by atoms with van der Waals surface area (Å²) in [4.78, 5) is 31.6. The van der Waals surface area contributed by atoms with Gasteiger partial charge < -0.3 is 14.7 Å². The topological polar surface area (TPSA) is 43.9 Å². The van der Waals surface area contributed by atoms with Gasteiger partial charge in [-0.2, -0.15) is 0 Å². The largest absolute Gasteiger partial charge is 0.329 e. The van der Waals surface area contributed by atoms with Crippen LogP contribution in [0.4, 0.5) is 0 Å². The molecule has 2 amide bonds. The van der Waals surface area contributed by atoms with Crippen LogP contribution in [0.15, 0.2) is 0 Å². The van der Waals surface area contributed by atoms with Crippen molar-refractivity contribution in [1.29, 1.82) is 0 Å². The number of nitrogens with zero attached hydrogens (tertiary/aromatic N) is 3. The Morgan fingerprint density at radius 2 is 1.75 bits per heavy atom. The molecule has 5 rings (SSSR count). The molecule has 110 valence electrons. The molecule has 0 aromatic carbocycles. The second-order valence-electron chi connectivity index (χ2n) is 6.82. The molecule has 0 radical (unpaired) electrons. The molecule has 0 aromatic heterocycles. The van der Waals surface area contributed by atoms with E-state index in [1.54, 1.807) is 0 Å². The average molecular weight is 277 g/mol. The first-order chi connectivity index (χ1) is 9.66. The zero-order valence-electron chi connectivity index (χ0n) is 12.1. The van der Waals surface area contributed by atoms with E-state index in [1.807, 2.05) is 16.7 Å². The monoisotopic (exact) mass is 277 g/mol. The predicted molar refractivity (Wildman–Crippen MR) is 74.0 cm³/mol. The molecule has 0 spiro atoms. The summed E-state index contributed by atoms with van der Waals surface area (Å²) in [6, 6.07) is -0.150. The van der Waals surface area contributed by atoms with E-state index in [0.717, 1.165) is 25.9 Å². The quantitative estimate of drug-likeness (QED) is 0.692. The van der Waals surface area contributed by atoms with Crippen molar-refractivity contribution in [3.05, 3.63) is 0 Å². The van der Waals surface area contributed by atoms with E-state index in [9.17, 15) is 9.59 Å². The first-order valence-electron chi connectivity index (χ1n) is 8.02. The molecule has 0 aromatic rings. The third-order valence-electron chi connectivity index (χ3n) is 5.83.